The topological polar surface area (TPSA) is 90.0 Å². The highest BCUT2D eigenvalue weighted by Gasteiger charge is 2.32. The Kier molecular flexibility index (Phi) is 7.89. The summed E-state index contributed by atoms with van der Waals surface area (Å²) in [5.41, 5.74) is 3.79. The molecule has 0 unspecified atom stereocenters. The third kappa shape index (κ3) is 5.40. The zero-order valence-electron chi connectivity index (χ0n) is 23.4. The lowest BCUT2D eigenvalue weighted by atomic mass is 10.0. The normalized spacial score (nSPS) is 17.6. The van der Waals surface area contributed by atoms with E-state index in [0.29, 0.717) is 22.7 Å². The van der Waals surface area contributed by atoms with Gasteiger partial charge in [0.2, 0.25) is 0 Å². The number of likely N-dealkylation sites (N-methyl/N-ethyl adjacent to an activating group) is 1. The van der Waals surface area contributed by atoms with Gasteiger partial charge in [0.05, 0.1) is 16.1 Å². The maximum absolute atomic E-state index is 13.7. The zero-order chi connectivity index (χ0) is 28.6. The molecule has 3 aliphatic heterocycles. The van der Waals surface area contributed by atoms with Gasteiger partial charge in [0.1, 0.15) is 5.00 Å². The highest BCUT2D eigenvalue weighted by molar-refractivity contribution is 7.92. The predicted molar refractivity (Wildman–Crippen MR) is 162 cm³/mol. The van der Waals surface area contributed by atoms with Crippen molar-refractivity contribution in [2.75, 3.05) is 42.3 Å². The van der Waals surface area contributed by atoms with E-state index in [9.17, 15) is 18.0 Å². The molecule has 1 N–H and O–H groups in total. The highest BCUT2D eigenvalue weighted by Crippen LogP contribution is 2.39. The minimum Gasteiger partial charge on any atom is -0.339 e. The third-order valence-corrected chi connectivity index (χ3v) is 11.4. The van der Waals surface area contributed by atoms with Crippen LogP contribution in [0, 0.1) is 0 Å². The molecule has 3 aliphatic rings. The molecule has 3 aromatic rings. The number of rotatable bonds is 6. The minimum absolute atomic E-state index is 0.00528. The summed E-state index contributed by atoms with van der Waals surface area (Å²) in [5.74, 6) is -0.346. The molecule has 0 saturated carbocycles. The summed E-state index contributed by atoms with van der Waals surface area (Å²) in [4.78, 5) is 32.7. The van der Waals surface area contributed by atoms with Crippen LogP contribution >= 0.6 is 11.3 Å². The lowest BCUT2D eigenvalue weighted by Crippen LogP contribution is -2.37. The number of sulfonamides is 1. The molecule has 1 saturated heterocycles. The second-order valence-corrected chi connectivity index (χ2v) is 13.9. The van der Waals surface area contributed by atoms with Gasteiger partial charge in [-0.1, -0.05) is 25.1 Å². The molecule has 2 aromatic carbocycles. The first kappa shape index (κ1) is 27.9. The van der Waals surface area contributed by atoms with Crippen molar-refractivity contribution in [3.05, 3.63) is 75.7 Å². The van der Waals surface area contributed by atoms with Crippen molar-refractivity contribution in [2.24, 2.45) is 0 Å². The molecule has 6 rings (SSSR count). The van der Waals surface area contributed by atoms with Crippen LogP contribution in [0.15, 0.2) is 53.4 Å². The van der Waals surface area contributed by atoms with Crippen LogP contribution in [0.3, 0.4) is 0 Å². The van der Waals surface area contributed by atoms with Gasteiger partial charge in [0.15, 0.2) is 0 Å². The summed E-state index contributed by atoms with van der Waals surface area (Å²) in [6, 6.07) is 13.7. The summed E-state index contributed by atoms with van der Waals surface area (Å²) in [7, 11) is -3.77. The fraction of sp³-hybridized carbons (Fsp3) is 0.419. The van der Waals surface area contributed by atoms with Gasteiger partial charge < -0.3 is 10.2 Å². The Morgan fingerprint density at radius 1 is 0.902 bits per heavy atom. The second-order valence-electron chi connectivity index (χ2n) is 11.0. The van der Waals surface area contributed by atoms with Crippen LogP contribution in [0.1, 0.15) is 69.3 Å². The number of nitrogens with zero attached hydrogens (tertiary/aromatic N) is 3. The Labute approximate surface area is 246 Å². The van der Waals surface area contributed by atoms with Crippen LogP contribution in [-0.2, 0) is 29.4 Å². The average Bonchev–Trinajstić information content (AvgIpc) is 3.37. The first-order valence-corrected chi connectivity index (χ1v) is 16.8. The van der Waals surface area contributed by atoms with Gasteiger partial charge in [-0.25, -0.2) is 8.42 Å². The highest BCUT2D eigenvalue weighted by atomic mass is 32.2. The number of piperidine rings is 1. The quantitative estimate of drug-likeness (QED) is 0.428. The number of benzene rings is 2. The van der Waals surface area contributed by atoms with Crippen molar-refractivity contribution >= 4 is 43.9 Å². The summed E-state index contributed by atoms with van der Waals surface area (Å²) in [5, 5.41) is 3.62. The number of nitrogens with one attached hydrogen (secondary N) is 1. The van der Waals surface area contributed by atoms with Gasteiger partial charge in [0, 0.05) is 43.2 Å². The maximum atomic E-state index is 13.7. The Bertz CT molecular complexity index is 1560. The molecular formula is C31H36N4O4S2. The van der Waals surface area contributed by atoms with Crippen molar-refractivity contribution in [3.63, 3.8) is 0 Å². The molecule has 0 spiro atoms. The van der Waals surface area contributed by atoms with Crippen LogP contribution in [0.25, 0.3) is 0 Å². The molecule has 1 fully saturated rings. The number of aryl methyl sites for hydroxylation is 1. The fourth-order valence-electron chi connectivity index (χ4n) is 6.13. The number of thiophene rings is 1. The number of carbonyl (C=O) groups is 2. The summed E-state index contributed by atoms with van der Waals surface area (Å²) in [6.45, 7) is 6.66. The molecule has 0 aliphatic carbocycles. The Hall–Kier alpha value is -3.21. The van der Waals surface area contributed by atoms with Gasteiger partial charge in [-0.3, -0.25) is 18.8 Å². The van der Waals surface area contributed by atoms with E-state index in [1.165, 1.54) is 27.8 Å². The van der Waals surface area contributed by atoms with Crippen LogP contribution in [-0.4, -0.2) is 62.8 Å². The zero-order valence-corrected chi connectivity index (χ0v) is 25.0. The van der Waals surface area contributed by atoms with Gasteiger partial charge in [-0.05, 0) is 86.5 Å². The van der Waals surface area contributed by atoms with Crippen LogP contribution in [0.2, 0.25) is 0 Å². The largest absolute Gasteiger partial charge is 0.339 e. The second kappa shape index (κ2) is 11.6. The number of anilines is 2. The molecule has 41 heavy (non-hydrogen) atoms. The number of hydrogen-bond donors (Lipinski definition) is 1. The fourth-order valence-corrected chi connectivity index (χ4v) is 8.94. The standard InChI is InChI=1S/C31H36N4O4S2/c1-2-33-20-16-25-27(21-33)40-30(28(25)31(37)34-17-6-3-7-18-34)32-29(36)23-12-14-24(15-13-23)41(38,39)35-19-8-10-22-9-4-5-11-26(22)35/h4-5,9,11-15H,2-3,6-8,10,16-21H2,1H3,(H,32,36). The summed E-state index contributed by atoms with van der Waals surface area (Å²) in [6.07, 6.45) is 5.54. The SMILES string of the molecule is CCN1CCc2c(sc(NC(=O)c3ccc(S(=O)(=O)N4CCCc5ccccc54)cc3)c2C(=O)N2CCCCC2)C1. The van der Waals surface area contributed by atoms with E-state index in [2.05, 4.69) is 17.1 Å². The number of hydrogen-bond acceptors (Lipinski definition) is 6. The van der Waals surface area contributed by atoms with E-state index in [4.69, 9.17) is 0 Å². The Balaban J connectivity index is 1.25. The van der Waals surface area contributed by atoms with Crippen LogP contribution < -0.4 is 9.62 Å². The summed E-state index contributed by atoms with van der Waals surface area (Å²) < 4.78 is 28.5. The predicted octanol–water partition coefficient (Wildman–Crippen LogP) is 5.15. The number of likely N-dealkylation sites (tertiary alicyclic amines) is 1. The third-order valence-electron chi connectivity index (χ3n) is 8.44. The first-order chi connectivity index (χ1) is 19.9. The number of carbonyl (C=O) groups excluding carboxylic acids is 2. The molecule has 10 heteroatoms. The van der Waals surface area contributed by atoms with Crippen molar-refractivity contribution in [1.82, 2.24) is 9.80 Å². The molecule has 0 bridgehead atoms. The number of amides is 2. The smallest absolute Gasteiger partial charge is 0.264 e. The van der Waals surface area contributed by atoms with E-state index < -0.39 is 10.0 Å². The lowest BCUT2D eigenvalue weighted by Gasteiger charge is -2.30. The molecule has 216 valence electrons. The van der Waals surface area contributed by atoms with Crippen molar-refractivity contribution in [3.8, 4) is 0 Å². The van der Waals surface area contributed by atoms with E-state index in [1.807, 2.05) is 29.2 Å². The van der Waals surface area contributed by atoms with Crippen LogP contribution in [0.4, 0.5) is 10.7 Å². The van der Waals surface area contributed by atoms with E-state index in [1.54, 1.807) is 12.1 Å². The van der Waals surface area contributed by atoms with Gasteiger partial charge in [-0.15, -0.1) is 11.3 Å². The lowest BCUT2D eigenvalue weighted by molar-refractivity contribution is 0.0724. The minimum atomic E-state index is -3.77. The molecular weight excluding hydrogens is 556 g/mol. The Morgan fingerprint density at radius 2 is 1.66 bits per heavy atom. The van der Waals surface area contributed by atoms with Crippen molar-refractivity contribution in [2.45, 2.75) is 56.9 Å². The molecule has 0 atom stereocenters. The molecule has 8 nitrogen and oxygen atoms in total. The molecule has 1 aromatic heterocycles. The van der Waals surface area contributed by atoms with E-state index >= 15 is 0 Å². The Morgan fingerprint density at radius 3 is 2.41 bits per heavy atom. The average molecular weight is 593 g/mol. The van der Waals surface area contributed by atoms with Crippen LogP contribution in [0.5, 0.6) is 0 Å². The monoisotopic (exact) mass is 592 g/mol. The van der Waals surface area contributed by atoms with Crippen molar-refractivity contribution < 1.29 is 18.0 Å². The van der Waals surface area contributed by atoms with E-state index in [0.717, 1.165) is 92.9 Å². The number of fused-ring (bicyclic) bond motifs is 2. The van der Waals surface area contributed by atoms with E-state index in [-0.39, 0.29) is 16.7 Å². The van der Waals surface area contributed by atoms with Gasteiger partial charge >= 0.3 is 0 Å². The molecule has 0 radical (unpaired) electrons. The van der Waals surface area contributed by atoms with Gasteiger partial charge in [-0.2, -0.15) is 0 Å². The molecule has 4 heterocycles. The first-order valence-electron chi connectivity index (χ1n) is 14.5. The maximum Gasteiger partial charge on any atom is 0.264 e. The summed E-state index contributed by atoms with van der Waals surface area (Å²) >= 11 is 1.49. The van der Waals surface area contributed by atoms with Crippen molar-refractivity contribution in [1.29, 1.82) is 0 Å². The molecule has 2 amide bonds. The van der Waals surface area contributed by atoms with Gasteiger partial charge in [0.25, 0.3) is 21.8 Å². The number of para-hydroxylation sites is 1.